The summed E-state index contributed by atoms with van der Waals surface area (Å²) in [6.45, 7) is 3.74. The van der Waals surface area contributed by atoms with Gasteiger partial charge in [0.1, 0.15) is 0 Å². The van der Waals surface area contributed by atoms with Crippen molar-refractivity contribution >= 4 is 28.9 Å². The van der Waals surface area contributed by atoms with Crippen LogP contribution in [-0.2, 0) is 4.79 Å². The minimum absolute atomic E-state index is 0.0328. The van der Waals surface area contributed by atoms with Gasteiger partial charge in [-0.3, -0.25) is 9.78 Å². The van der Waals surface area contributed by atoms with Crippen LogP contribution in [0.1, 0.15) is 18.4 Å². The monoisotopic (exact) mass is 329 g/mol. The molecule has 1 aliphatic rings. The summed E-state index contributed by atoms with van der Waals surface area (Å²) >= 11 is 6.19. The number of nitrogens with zero attached hydrogens (tertiary/aromatic N) is 2. The Morgan fingerprint density at radius 1 is 1.22 bits per heavy atom. The molecule has 0 radical (unpaired) electrons. The number of benzene rings is 1. The number of halogens is 1. The summed E-state index contributed by atoms with van der Waals surface area (Å²) in [5.41, 5.74) is 2.94. The molecule has 2 heterocycles. The van der Waals surface area contributed by atoms with Gasteiger partial charge in [-0.1, -0.05) is 17.7 Å². The van der Waals surface area contributed by atoms with Gasteiger partial charge in [-0.05, 0) is 49.6 Å². The van der Waals surface area contributed by atoms with E-state index in [-0.39, 0.29) is 11.8 Å². The molecule has 0 unspecified atom stereocenters. The normalized spacial score (nSPS) is 15.5. The molecule has 1 aliphatic heterocycles. The number of hydrogen-bond donors (Lipinski definition) is 1. The molecular formula is C18H20ClN3O. The minimum atomic E-state index is 0.0328. The highest BCUT2D eigenvalue weighted by Crippen LogP contribution is 2.26. The lowest BCUT2D eigenvalue weighted by Gasteiger charge is -2.32. The van der Waals surface area contributed by atoms with E-state index in [0.717, 1.165) is 31.5 Å². The highest BCUT2D eigenvalue weighted by Gasteiger charge is 2.25. The molecule has 23 heavy (non-hydrogen) atoms. The molecule has 0 aliphatic carbocycles. The van der Waals surface area contributed by atoms with Gasteiger partial charge in [-0.2, -0.15) is 0 Å². The predicted molar refractivity (Wildman–Crippen MR) is 94.0 cm³/mol. The number of aromatic nitrogens is 1. The van der Waals surface area contributed by atoms with Gasteiger partial charge in [0.2, 0.25) is 5.91 Å². The second-order valence-electron chi connectivity index (χ2n) is 5.94. The van der Waals surface area contributed by atoms with Crippen LogP contribution in [0, 0.1) is 12.8 Å². The molecule has 0 spiro atoms. The van der Waals surface area contributed by atoms with Crippen LogP contribution in [-0.4, -0.2) is 24.0 Å². The minimum Gasteiger partial charge on any atom is -0.371 e. The molecule has 1 aromatic heterocycles. The first-order valence-electron chi connectivity index (χ1n) is 7.85. The Balaban J connectivity index is 1.58. The Hall–Kier alpha value is -2.07. The second-order valence-corrected chi connectivity index (χ2v) is 6.35. The Labute approximate surface area is 141 Å². The second kappa shape index (κ2) is 7.01. The van der Waals surface area contributed by atoms with E-state index in [1.807, 2.05) is 37.3 Å². The van der Waals surface area contributed by atoms with Crippen molar-refractivity contribution in [3.05, 3.63) is 53.3 Å². The number of amides is 1. The number of anilines is 2. The molecule has 0 saturated carbocycles. The van der Waals surface area contributed by atoms with Gasteiger partial charge in [0.05, 0.1) is 10.7 Å². The summed E-state index contributed by atoms with van der Waals surface area (Å²) in [6, 6.07) is 9.69. The molecule has 3 rings (SSSR count). The predicted octanol–water partition coefficient (Wildman–Crippen LogP) is 3.90. The van der Waals surface area contributed by atoms with Crippen LogP contribution in [0.2, 0.25) is 5.02 Å². The van der Waals surface area contributed by atoms with Crippen molar-refractivity contribution in [1.29, 1.82) is 0 Å². The lowest BCUT2D eigenvalue weighted by atomic mass is 9.95. The van der Waals surface area contributed by atoms with E-state index in [4.69, 9.17) is 11.6 Å². The van der Waals surface area contributed by atoms with Gasteiger partial charge < -0.3 is 10.2 Å². The molecule has 1 N–H and O–H groups in total. The zero-order chi connectivity index (χ0) is 16.2. The molecular weight excluding hydrogens is 310 g/mol. The van der Waals surface area contributed by atoms with Crippen LogP contribution >= 0.6 is 11.6 Å². The highest BCUT2D eigenvalue weighted by molar-refractivity contribution is 6.33. The number of carbonyl (C=O) groups excluding carboxylic acids is 1. The topological polar surface area (TPSA) is 45.2 Å². The van der Waals surface area contributed by atoms with Gasteiger partial charge in [-0.15, -0.1) is 0 Å². The fourth-order valence-electron chi connectivity index (χ4n) is 2.91. The molecule has 1 amide bonds. The number of carbonyl (C=O) groups is 1. The maximum absolute atomic E-state index is 12.4. The largest absolute Gasteiger partial charge is 0.371 e. The highest BCUT2D eigenvalue weighted by atomic mass is 35.5. The number of piperidine rings is 1. The third kappa shape index (κ3) is 3.82. The smallest absolute Gasteiger partial charge is 0.227 e. The average molecular weight is 330 g/mol. The summed E-state index contributed by atoms with van der Waals surface area (Å²) in [5, 5.41) is 3.55. The van der Waals surface area contributed by atoms with Gasteiger partial charge in [0.25, 0.3) is 0 Å². The summed E-state index contributed by atoms with van der Waals surface area (Å²) in [7, 11) is 0. The maximum atomic E-state index is 12.4. The first-order valence-corrected chi connectivity index (χ1v) is 8.23. The van der Waals surface area contributed by atoms with Crippen LogP contribution in [0.5, 0.6) is 0 Å². The molecule has 4 nitrogen and oxygen atoms in total. The van der Waals surface area contributed by atoms with E-state index in [1.165, 1.54) is 5.69 Å². The molecule has 0 atom stereocenters. The van der Waals surface area contributed by atoms with Crippen molar-refractivity contribution in [2.24, 2.45) is 5.92 Å². The lowest BCUT2D eigenvalue weighted by molar-refractivity contribution is -0.120. The molecule has 1 fully saturated rings. The standard InChI is InChI=1S/C18H20ClN3O/c1-13-2-3-17(16(19)12-13)21-18(23)14-6-10-22(11-7-14)15-4-8-20-9-5-15/h2-5,8-9,12,14H,6-7,10-11H2,1H3,(H,21,23). The van der Waals surface area contributed by atoms with Crippen molar-refractivity contribution in [2.45, 2.75) is 19.8 Å². The van der Waals surface area contributed by atoms with E-state index >= 15 is 0 Å². The van der Waals surface area contributed by atoms with E-state index in [0.29, 0.717) is 10.7 Å². The number of pyridine rings is 1. The Bertz CT molecular complexity index is 682. The SMILES string of the molecule is Cc1ccc(NC(=O)C2CCN(c3ccncc3)CC2)c(Cl)c1. The van der Waals surface area contributed by atoms with Gasteiger partial charge in [-0.25, -0.2) is 0 Å². The fourth-order valence-corrected chi connectivity index (χ4v) is 3.19. The number of nitrogens with one attached hydrogen (secondary N) is 1. The third-order valence-corrected chi connectivity index (χ3v) is 4.59. The van der Waals surface area contributed by atoms with Crippen LogP contribution < -0.4 is 10.2 Å². The summed E-state index contributed by atoms with van der Waals surface area (Å²) in [4.78, 5) is 18.8. The fraction of sp³-hybridized carbons (Fsp3) is 0.333. The van der Waals surface area contributed by atoms with Crippen LogP contribution in [0.15, 0.2) is 42.7 Å². The molecule has 120 valence electrons. The van der Waals surface area contributed by atoms with Gasteiger partial charge in [0, 0.05) is 37.1 Å². The maximum Gasteiger partial charge on any atom is 0.227 e. The zero-order valence-corrected chi connectivity index (χ0v) is 13.9. The molecule has 1 saturated heterocycles. The van der Waals surface area contributed by atoms with Gasteiger partial charge in [0.15, 0.2) is 0 Å². The third-order valence-electron chi connectivity index (χ3n) is 4.28. The lowest BCUT2D eigenvalue weighted by Crippen LogP contribution is -2.38. The Morgan fingerprint density at radius 3 is 2.57 bits per heavy atom. The van der Waals surface area contributed by atoms with Crippen LogP contribution in [0.4, 0.5) is 11.4 Å². The zero-order valence-electron chi connectivity index (χ0n) is 13.1. The Morgan fingerprint density at radius 2 is 1.91 bits per heavy atom. The molecule has 0 bridgehead atoms. The summed E-state index contributed by atoms with van der Waals surface area (Å²) in [5.74, 6) is 0.0931. The van der Waals surface area contributed by atoms with Crippen molar-refractivity contribution in [2.75, 3.05) is 23.3 Å². The Kier molecular flexibility index (Phi) is 4.82. The molecule has 1 aromatic carbocycles. The van der Waals surface area contributed by atoms with Crippen molar-refractivity contribution in [3.63, 3.8) is 0 Å². The first kappa shape index (κ1) is 15.8. The van der Waals surface area contributed by atoms with E-state index < -0.39 is 0 Å². The number of hydrogen-bond acceptors (Lipinski definition) is 3. The average Bonchev–Trinajstić information content (AvgIpc) is 2.58. The molecule has 5 heteroatoms. The van der Waals surface area contributed by atoms with Crippen LogP contribution in [0.3, 0.4) is 0 Å². The first-order chi connectivity index (χ1) is 11.1. The van der Waals surface area contributed by atoms with E-state index in [2.05, 4.69) is 15.2 Å². The van der Waals surface area contributed by atoms with Crippen molar-refractivity contribution in [3.8, 4) is 0 Å². The summed E-state index contributed by atoms with van der Waals surface area (Å²) in [6.07, 6.45) is 5.29. The number of rotatable bonds is 3. The van der Waals surface area contributed by atoms with E-state index in [9.17, 15) is 4.79 Å². The molecule has 2 aromatic rings. The van der Waals surface area contributed by atoms with Crippen LogP contribution in [0.25, 0.3) is 0 Å². The quantitative estimate of drug-likeness (QED) is 0.929. The van der Waals surface area contributed by atoms with Crippen molar-refractivity contribution < 1.29 is 4.79 Å². The summed E-state index contributed by atoms with van der Waals surface area (Å²) < 4.78 is 0. The van der Waals surface area contributed by atoms with Crippen molar-refractivity contribution in [1.82, 2.24) is 4.98 Å². The van der Waals surface area contributed by atoms with E-state index in [1.54, 1.807) is 12.4 Å². The number of aryl methyl sites for hydroxylation is 1. The van der Waals surface area contributed by atoms with Gasteiger partial charge >= 0.3 is 0 Å².